The van der Waals surface area contributed by atoms with E-state index in [0.29, 0.717) is 40.7 Å². The highest BCUT2D eigenvalue weighted by atomic mass is 19.1. The molecule has 0 bridgehead atoms. The molecule has 0 radical (unpaired) electrons. The molecular formula is C27H27FN2O4. The van der Waals surface area contributed by atoms with Crippen LogP contribution < -0.4 is 9.47 Å². The Morgan fingerprint density at radius 3 is 2.41 bits per heavy atom. The van der Waals surface area contributed by atoms with Gasteiger partial charge in [0.15, 0.2) is 11.5 Å². The highest BCUT2D eigenvalue weighted by Crippen LogP contribution is 2.32. The van der Waals surface area contributed by atoms with Crippen molar-refractivity contribution >= 4 is 17.9 Å². The third-order valence-corrected chi connectivity index (χ3v) is 5.53. The first-order valence-electron chi connectivity index (χ1n) is 11.0. The van der Waals surface area contributed by atoms with Crippen LogP contribution in [0, 0.1) is 23.1 Å². The van der Waals surface area contributed by atoms with Crippen LogP contribution in [0.5, 0.6) is 11.5 Å². The van der Waals surface area contributed by atoms with E-state index < -0.39 is 17.6 Å². The molecule has 0 saturated carbocycles. The van der Waals surface area contributed by atoms with Gasteiger partial charge in [-0.05, 0) is 66.3 Å². The summed E-state index contributed by atoms with van der Waals surface area (Å²) in [5, 5.41) is 9.58. The SMILES string of the molecule is COc1cc(/C=C2/C(=O)N(Cc3ccc(F)cc3)C(=O)C(C#N)=C2C)ccc1OCCC(C)C. The van der Waals surface area contributed by atoms with Crippen LogP contribution in [0.4, 0.5) is 4.39 Å². The molecule has 6 nitrogen and oxygen atoms in total. The predicted octanol–water partition coefficient (Wildman–Crippen LogP) is 5.05. The molecule has 0 N–H and O–H groups in total. The van der Waals surface area contributed by atoms with E-state index in [1.807, 2.05) is 6.07 Å². The van der Waals surface area contributed by atoms with Gasteiger partial charge >= 0.3 is 0 Å². The lowest BCUT2D eigenvalue weighted by Crippen LogP contribution is -2.42. The van der Waals surface area contributed by atoms with Gasteiger partial charge in [-0.25, -0.2) is 4.39 Å². The van der Waals surface area contributed by atoms with Gasteiger partial charge in [0, 0.05) is 5.57 Å². The monoisotopic (exact) mass is 462 g/mol. The van der Waals surface area contributed by atoms with Gasteiger partial charge < -0.3 is 9.47 Å². The second-order valence-electron chi connectivity index (χ2n) is 8.43. The van der Waals surface area contributed by atoms with E-state index in [9.17, 15) is 19.2 Å². The van der Waals surface area contributed by atoms with Gasteiger partial charge in [-0.15, -0.1) is 0 Å². The highest BCUT2D eigenvalue weighted by Gasteiger charge is 2.35. The zero-order valence-corrected chi connectivity index (χ0v) is 19.7. The molecule has 176 valence electrons. The Balaban J connectivity index is 1.94. The zero-order valence-electron chi connectivity index (χ0n) is 19.7. The molecule has 0 aromatic heterocycles. The van der Waals surface area contributed by atoms with Crippen molar-refractivity contribution < 1.29 is 23.5 Å². The Kier molecular flexibility index (Phi) is 7.85. The summed E-state index contributed by atoms with van der Waals surface area (Å²) in [5.74, 6) is 0.0118. The largest absolute Gasteiger partial charge is 0.493 e. The number of carbonyl (C=O) groups excluding carboxylic acids is 2. The molecule has 0 spiro atoms. The fraction of sp³-hybridized carbons (Fsp3) is 0.296. The average Bonchev–Trinajstić information content (AvgIpc) is 2.81. The molecule has 1 aliphatic heterocycles. The maximum atomic E-state index is 13.3. The number of hydrogen-bond donors (Lipinski definition) is 0. The minimum atomic E-state index is -0.669. The molecule has 0 unspecified atom stereocenters. The molecule has 0 fully saturated rings. The van der Waals surface area contributed by atoms with Gasteiger partial charge in [-0.3, -0.25) is 14.5 Å². The van der Waals surface area contributed by atoms with Gasteiger partial charge in [0.2, 0.25) is 0 Å². The number of amides is 2. The Bertz CT molecular complexity index is 1190. The second-order valence-corrected chi connectivity index (χ2v) is 8.43. The molecular weight excluding hydrogens is 435 g/mol. The molecule has 3 rings (SSSR count). The van der Waals surface area contributed by atoms with Crippen molar-refractivity contribution in [1.82, 2.24) is 4.90 Å². The van der Waals surface area contributed by atoms with Crippen LogP contribution in [-0.2, 0) is 16.1 Å². The molecule has 34 heavy (non-hydrogen) atoms. The van der Waals surface area contributed by atoms with Crippen molar-refractivity contribution in [1.29, 1.82) is 5.26 Å². The molecule has 0 aliphatic carbocycles. The van der Waals surface area contributed by atoms with Gasteiger partial charge in [-0.2, -0.15) is 5.26 Å². The van der Waals surface area contributed by atoms with Crippen molar-refractivity contribution in [3.05, 3.63) is 76.1 Å². The molecule has 2 amide bonds. The van der Waals surface area contributed by atoms with E-state index >= 15 is 0 Å². The number of benzene rings is 2. The molecule has 1 aliphatic rings. The van der Waals surface area contributed by atoms with Crippen LogP contribution in [-0.4, -0.2) is 30.4 Å². The standard InChI is InChI=1S/C27H27FN2O4/c1-17(2)11-12-34-24-10-7-20(14-25(24)33-4)13-22-18(3)23(15-29)27(32)30(26(22)31)16-19-5-8-21(28)9-6-19/h5-10,13-14,17H,11-12,16H2,1-4H3/b22-13+. The van der Waals surface area contributed by atoms with Crippen LogP contribution in [0.15, 0.2) is 59.2 Å². The number of imide groups is 1. The Morgan fingerprint density at radius 2 is 1.79 bits per heavy atom. The normalized spacial score (nSPS) is 15.2. The summed E-state index contributed by atoms with van der Waals surface area (Å²) < 4.78 is 24.5. The number of nitrogens with zero attached hydrogens (tertiary/aromatic N) is 2. The topological polar surface area (TPSA) is 79.6 Å². The number of halogens is 1. The highest BCUT2D eigenvalue weighted by molar-refractivity contribution is 6.19. The smallest absolute Gasteiger partial charge is 0.271 e. The van der Waals surface area contributed by atoms with E-state index in [1.165, 1.54) is 31.4 Å². The van der Waals surface area contributed by atoms with Crippen molar-refractivity contribution in [2.75, 3.05) is 13.7 Å². The van der Waals surface area contributed by atoms with Crippen LogP contribution in [0.1, 0.15) is 38.3 Å². The van der Waals surface area contributed by atoms with Crippen LogP contribution >= 0.6 is 0 Å². The lowest BCUT2D eigenvalue weighted by atomic mass is 9.93. The molecule has 2 aromatic carbocycles. The molecule has 0 atom stereocenters. The summed E-state index contributed by atoms with van der Waals surface area (Å²) in [6, 6.07) is 12.7. The van der Waals surface area contributed by atoms with Crippen molar-refractivity contribution in [3.8, 4) is 17.6 Å². The van der Waals surface area contributed by atoms with Crippen LogP contribution in [0.2, 0.25) is 0 Å². The number of ether oxygens (including phenoxy) is 2. The lowest BCUT2D eigenvalue weighted by Gasteiger charge is -2.27. The first-order chi connectivity index (χ1) is 16.2. The fourth-order valence-electron chi connectivity index (χ4n) is 3.51. The van der Waals surface area contributed by atoms with E-state index in [0.717, 1.165) is 11.3 Å². The second kappa shape index (κ2) is 10.8. The maximum Gasteiger partial charge on any atom is 0.271 e. The molecule has 0 saturated heterocycles. The van der Waals surface area contributed by atoms with E-state index in [2.05, 4.69) is 13.8 Å². The predicted molar refractivity (Wildman–Crippen MR) is 126 cm³/mol. The van der Waals surface area contributed by atoms with Crippen molar-refractivity contribution in [2.45, 2.75) is 33.7 Å². The molecule has 7 heteroatoms. The van der Waals surface area contributed by atoms with E-state index in [4.69, 9.17) is 9.47 Å². The minimum Gasteiger partial charge on any atom is -0.493 e. The van der Waals surface area contributed by atoms with Crippen molar-refractivity contribution in [3.63, 3.8) is 0 Å². The number of carbonyl (C=O) groups is 2. The zero-order chi connectivity index (χ0) is 24.8. The quantitative estimate of drug-likeness (QED) is 0.405. The first-order valence-corrected chi connectivity index (χ1v) is 11.0. The van der Waals surface area contributed by atoms with E-state index in [1.54, 1.807) is 31.2 Å². The third kappa shape index (κ3) is 5.52. The summed E-state index contributed by atoms with van der Waals surface area (Å²) in [6.45, 7) is 6.30. The molecule has 1 heterocycles. The number of rotatable bonds is 8. The van der Waals surface area contributed by atoms with Gasteiger partial charge in [0.1, 0.15) is 17.5 Å². The fourth-order valence-corrected chi connectivity index (χ4v) is 3.51. The van der Waals surface area contributed by atoms with Crippen LogP contribution in [0.25, 0.3) is 6.08 Å². The lowest BCUT2D eigenvalue weighted by molar-refractivity contribution is -0.141. The molecule has 2 aromatic rings. The number of hydrogen-bond acceptors (Lipinski definition) is 5. The number of methoxy groups -OCH3 is 1. The summed E-state index contributed by atoms with van der Waals surface area (Å²) in [4.78, 5) is 27.1. The Hall–Kier alpha value is -3.92. The summed E-state index contributed by atoms with van der Waals surface area (Å²) in [7, 11) is 1.54. The minimum absolute atomic E-state index is 0.0697. The summed E-state index contributed by atoms with van der Waals surface area (Å²) in [5.41, 5.74) is 1.67. The van der Waals surface area contributed by atoms with Gasteiger partial charge in [-0.1, -0.05) is 32.0 Å². The summed E-state index contributed by atoms with van der Waals surface area (Å²) >= 11 is 0. The Labute approximate surface area is 198 Å². The third-order valence-electron chi connectivity index (χ3n) is 5.53. The maximum absolute atomic E-state index is 13.3. The summed E-state index contributed by atoms with van der Waals surface area (Å²) in [6.07, 6.45) is 2.53. The average molecular weight is 463 g/mol. The van der Waals surface area contributed by atoms with Crippen LogP contribution in [0.3, 0.4) is 0 Å². The first kappa shape index (κ1) is 24.7. The van der Waals surface area contributed by atoms with E-state index in [-0.39, 0.29) is 17.7 Å². The number of nitriles is 1. The van der Waals surface area contributed by atoms with Gasteiger partial charge in [0.25, 0.3) is 11.8 Å². The van der Waals surface area contributed by atoms with Gasteiger partial charge in [0.05, 0.1) is 20.3 Å². The van der Waals surface area contributed by atoms with Crippen molar-refractivity contribution in [2.24, 2.45) is 5.92 Å². The Morgan fingerprint density at radius 1 is 1.09 bits per heavy atom.